The first-order valence-corrected chi connectivity index (χ1v) is 7.99. The number of benzene rings is 1. The van der Waals surface area contributed by atoms with Crippen molar-refractivity contribution in [2.75, 3.05) is 0 Å². The Balaban J connectivity index is 1.66. The van der Waals surface area contributed by atoms with E-state index >= 15 is 0 Å². The van der Waals surface area contributed by atoms with Gasteiger partial charge < -0.3 is 9.09 Å². The third-order valence-electron chi connectivity index (χ3n) is 4.69. The molecule has 0 radical (unpaired) electrons. The van der Waals surface area contributed by atoms with Crippen molar-refractivity contribution in [3.63, 3.8) is 0 Å². The molecule has 1 aliphatic carbocycles. The summed E-state index contributed by atoms with van der Waals surface area (Å²) < 4.78 is 45.0. The third kappa shape index (κ3) is 2.71. The fourth-order valence-electron chi connectivity index (χ4n) is 2.99. The van der Waals surface area contributed by atoms with Gasteiger partial charge in [0.05, 0.1) is 11.0 Å². The molecule has 5 nitrogen and oxygen atoms in total. The molecular formula is C18H14F3N3O2. The molecule has 0 amide bonds. The first-order chi connectivity index (χ1) is 12.3. The SMILES string of the molecule is Cn1cc(-c2noc(C3(c4ccc(C(F)(F)F)cc4)CC3)n2)ccc1=O. The number of halogens is 3. The number of rotatable bonds is 3. The Morgan fingerprint density at radius 1 is 1.12 bits per heavy atom. The number of alkyl halides is 3. The average molecular weight is 361 g/mol. The summed E-state index contributed by atoms with van der Waals surface area (Å²) >= 11 is 0. The minimum atomic E-state index is -4.36. The second-order valence-electron chi connectivity index (χ2n) is 6.45. The number of aromatic nitrogens is 3. The third-order valence-corrected chi connectivity index (χ3v) is 4.69. The first kappa shape index (κ1) is 16.6. The van der Waals surface area contributed by atoms with E-state index in [1.165, 1.54) is 22.8 Å². The summed E-state index contributed by atoms with van der Waals surface area (Å²) in [5.74, 6) is 0.717. The van der Waals surface area contributed by atoms with Crippen LogP contribution >= 0.6 is 0 Å². The predicted molar refractivity (Wildman–Crippen MR) is 86.4 cm³/mol. The molecule has 2 heterocycles. The van der Waals surface area contributed by atoms with Crippen LogP contribution in [0.5, 0.6) is 0 Å². The molecule has 2 aromatic heterocycles. The number of pyridine rings is 1. The van der Waals surface area contributed by atoms with E-state index in [1.807, 2.05) is 0 Å². The normalized spacial score (nSPS) is 15.8. The zero-order valence-corrected chi connectivity index (χ0v) is 13.7. The topological polar surface area (TPSA) is 60.9 Å². The van der Waals surface area contributed by atoms with Crippen molar-refractivity contribution in [2.45, 2.75) is 24.4 Å². The molecule has 0 atom stereocenters. The van der Waals surface area contributed by atoms with Crippen molar-refractivity contribution in [3.05, 3.63) is 70.0 Å². The lowest BCUT2D eigenvalue weighted by Crippen LogP contribution is -2.14. The Labute approximate surface area is 146 Å². The van der Waals surface area contributed by atoms with E-state index in [0.29, 0.717) is 17.3 Å². The molecule has 1 fully saturated rings. The lowest BCUT2D eigenvalue weighted by molar-refractivity contribution is -0.137. The lowest BCUT2D eigenvalue weighted by Gasteiger charge is -2.12. The molecule has 26 heavy (non-hydrogen) atoms. The number of aryl methyl sites for hydroxylation is 1. The summed E-state index contributed by atoms with van der Waals surface area (Å²) in [4.78, 5) is 15.9. The number of hydrogen-bond donors (Lipinski definition) is 0. The van der Waals surface area contributed by atoms with Gasteiger partial charge in [-0.1, -0.05) is 17.3 Å². The fourth-order valence-corrected chi connectivity index (χ4v) is 2.99. The van der Waals surface area contributed by atoms with E-state index < -0.39 is 17.2 Å². The van der Waals surface area contributed by atoms with E-state index in [0.717, 1.165) is 30.5 Å². The smallest absolute Gasteiger partial charge is 0.338 e. The maximum absolute atomic E-state index is 12.7. The Hall–Kier alpha value is -2.90. The molecule has 0 saturated heterocycles. The van der Waals surface area contributed by atoms with Crippen molar-refractivity contribution >= 4 is 0 Å². The molecule has 3 aromatic rings. The van der Waals surface area contributed by atoms with Gasteiger partial charge in [0, 0.05) is 24.9 Å². The molecule has 1 aromatic carbocycles. The minimum absolute atomic E-state index is 0.152. The average Bonchev–Trinajstić information content (AvgIpc) is 3.27. The van der Waals surface area contributed by atoms with Gasteiger partial charge in [0.15, 0.2) is 0 Å². The van der Waals surface area contributed by atoms with E-state index in [4.69, 9.17) is 4.52 Å². The van der Waals surface area contributed by atoms with Crippen molar-refractivity contribution in [1.29, 1.82) is 0 Å². The summed E-state index contributed by atoms with van der Waals surface area (Å²) in [5, 5.41) is 3.96. The molecule has 4 rings (SSSR count). The largest absolute Gasteiger partial charge is 0.416 e. The van der Waals surface area contributed by atoms with Gasteiger partial charge in [0.1, 0.15) is 0 Å². The summed E-state index contributed by atoms with van der Waals surface area (Å²) in [6.07, 6.45) is -1.30. The van der Waals surface area contributed by atoms with Gasteiger partial charge in [-0.05, 0) is 36.6 Å². The highest BCUT2D eigenvalue weighted by molar-refractivity contribution is 5.53. The van der Waals surface area contributed by atoms with Gasteiger partial charge in [0.25, 0.3) is 0 Å². The summed E-state index contributed by atoms with van der Waals surface area (Å²) in [7, 11) is 1.62. The quantitative estimate of drug-likeness (QED) is 0.716. The second-order valence-corrected chi connectivity index (χ2v) is 6.45. The van der Waals surface area contributed by atoms with Crippen LogP contribution in [-0.4, -0.2) is 14.7 Å². The van der Waals surface area contributed by atoms with Gasteiger partial charge in [-0.25, -0.2) is 0 Å². The second kappa shape index (κ2) is 5.55. The highest BCUT2D eigenvalue weighted by atomic mass is 19.4. The number of nitrogens with zero attached hydrogens (tertiary/aromatic N) is 3. The van der Waals surface area contributed by atoms with Crippen LogP contribution in [0, 0.1) is 0 Å². The molecule has 8 heteroatoms. The van der Waals surface area contributed by atoms with Crippen LogP contribution in [0.1, 0.15) is 29.9 Å². The molecular weight excluding hydrogens is 347 g/mol. The summed E-state index contributed by atoms with van der Waals surface area (Å²) in [6.45, 7) is 0. The van der Waals surface area contributed by atoms with Crippen LogP contribution in [0.25, 0.3) is 11.4 Å². The van der Waals surface area contributed by atoms with Gasteiger partial charge in [-0.3, -0.25) is 4.79 Å². The summed E-state index contributed by atoms with van der Waals surface area (Å²) in [6, 6.07) is 8.08. The highest BCUT2D eigenvalue weighted by Crippen LogP contribution is 2.53. The first-order valence-electron chi connectivity index (χ1n) is 7.99. The van der Waals surface area contributed by atoms with E-state index in [1.54, 1.807) is 19.3 Å². The maximum atomic E-state index is 12.7. The van der Waals surface area contributed by atoms with Crippen molar-refractivity contribution < 1.29 is 17.7 Å². The monoisotopic (exact) mass is 361 g/mol. The Morgan fingerprint density at radius 3 is 2.38 bits per heavy atom. The fraction of sp³-hybridized carbons (Fsp3) is 0.278. The van der Waals surface area contributed by atoms with Crippen LogP contribution in [-0.2, 0) is 18.6 Å². The van der Waals surface area contributed by atoms with Gasteiger partial charge in [-0.15, -0.1) is 0 Å². The molecule has 1 saturated carbocycles. The van der Waals surface area contributed by atoms with Crippen molar-refractivity contribution in [3.8, 4) is 11.4 Å². The Bertz CT molecular complexity index is 1020. The van der Waals surface area contributed by atoms with E-state index in [9.17, 15) is 18.0 Å². The van der Waals surface area contributed by atoms with E-state index in [-0.39, 0.29) is 5.56 Å². The highest BCUT2D eigenvalue weighted by Gasteiger charge is 2.51. The Morgan fingerprint density at radius 2 is 1.81 bits per heavy atom. The zero-order valence-electron chi connectivity index (χ0n) is 13.7. The number of hydrogen-bond acceptors (Lipinski definition) is 4. The van der Waals surface area contributed by atoms with Gasteiger partial charge >= 0.3 is 6.18 Å². The predicted octanol–water partition coefficient (Wildman–Crippen LogP) is 3.53. The molecule has 0 aliphatic heterocycles. The van der Waals surface area contributed by atoms with E-state index in [2.05, 4.69) is 10.1 Å². The van der Waals surface area contributed by atoms with Crippen molar-refractivity contribution in [2.24, 2.45) is 7.05 Å². The molecule has 134 valence electrons. The lowest BCUT2D eigenvalue weighted by atomic mass is 9.95. The molecule has 1 aliphatic rings. The van der Waals surface area contributed by atoms with Crippen LogP contribution in [0.15, 0.2) is 51.9 Å². The maximum Gasteiger partial charge on any atom is 0.416 e. The molecule has 0 N–H and O–H groups in total. The Kier molecular flexibility index (Phi) is 3.54. The molecule has 0 unspecified atom stereocenters. The van der Waals surface area contributed by atoms with Crippen LogP contribution in [0.4, 0.5) is 13.2 Å². The summed E-state index contributed by atoms with van der Waals surface area (Å²) in [5.41, 5.74) is -0.0170. The minimum Gasteiger partial charge on any atom is -0.338 e. The van der Waals surface area contributed by atoms with Crippen LogP contribution < -0.4 is 5.56 Å². The van der Waals surface area contributed by atoms with Crippen LogP contribution in [0.2, 0.25) is 0 Å². The van der Waals surface area contributed by atoms with Gasteiger partial charge in [-0.2, -0.15) is 18.2 Å². The van der Waals surface area contributed by atoms with Gasteiger partial charge in [0.2, 0.25) is 17.3 Å². The van der Waals surface area contributed by atoms with Crippen molar-refractivity contribution in [1.82, 2.24) is 14.7 Å². The zero-order chi connectivity index (χ0) is 18.5. The molecule has 0 bridgehead atoms. The molecule has 0 spiro atoms. The standard InChI is InChI=1S/C18H14F3N3O2/c1-24-10-11(2-7-14(24)25)15-22-16(26-23-15)17(8-9-17)12-3-5-13(6-4-12)18(19,20)21/h2-7,10H,8-9H2,1H3. The van der Waals surface area contributed by atoms with Crippen LogP contribution in [0.3, 0.4) is 0 Å².